The van der Waals surface area contributed by atoms with Crippen molar-refractivity contribution in [2.75, 3.05) is 38.5 Å². The van der Waals surface area contributed by atoms with Crippen LogP contribution in [0.15, 0.2) is 0 Å². The van der Waals surface area contributed by atoms with E-state index in [0.29, 0.717) is 6.54 Å². The predicted octanol–water partition coefficient (Wildman–Crippen LogP) is -1.45. The topological polar surface area (TPSA) is 78.9 Å². The zero-order valence-electron chi connectivity index (χ0n) is 8.42. The Morgan fingerprint density at radius 2 is 1.93 bits per heavy atom. The van der Waals surface area contributed by atoms with Crippen molar-refractivity contribution >= 4 is 10.1 Å². The van der Waals surface area contributed by atoms with E-state index in [0.717, 1.165) is 26.2 Å². The van der Waals surface area contributed by atoms with Crippen LogP contribution in [-0.2, 0) is 14.9 Å². The Morgan fingerprint density at radius 3 is 2.47 bits per heavy atom. The Balaban J connectivity index is 1.84. The Bertz CT molecular complexity index is 307. The summed E-state index contributed by atoms with van der Waals surface area (Å²) in [5.74, 6) is -0.195. The van der Waals surface area contributed by atoms with E-state index in [1.165, 1.54) is 0 Å². The molecule has 2 fully saturated rings. The number of rotatable bonds is 3. The van der Waals surface area contributed by atoms with Crippen LogP contribution in [0.25, 0.3) is 0 Å². The molecular weight excluding hydrogens is 220 g/mol. The molecule has 15 heavy (non-hydrogen) atoms. The quantitative estimate of drug-likeness (QED) is 0.584. The smallest absolute Gasteiger partial charge is 0.266 e. The van der Waals surface area contributed by atoms with Gasteiger partial charge in [-0.3, -0.25) is 9.45 Å². The average molecular weight is 236 g/mol. The van der Waals surface area contributed by atoms with Gasteiger partial charge in [-0.15, -0.1) is 0 Å². The van der Waals surface area contributed by atoms with Crippen LogP contribution in [0.5, 0.6) is 0 Å². The predicted molar refractivity (Wildman–Crippen MR) is 54.4 cm³/mol. The molecule has 2 atom stereocenters. The number of ether oxygens (including phenoxy) is 1. The summed E-state index contributed by atoms with van der Waals surface area (Å²) < 4.78 is 35.5. The molecule has 2 bridgehead atoms. The Kier molecular flexibility index (Phi) is 3.27. The lowest BCUT2D eigenvalue weighted by Gasteiger charge is -2.41. The molecule has 0 aromatic carbocycles. The highest BCUT2D eigenvalue weighted by atomic mass is 32.2. The molecule has 0 saturated carbocycles. The minimum atomic E-state index is -3.85. The minimum Gasteiger partial charge on any atom is -0.370 e. The molecule has 2 aliphatic rings. The maximum atomic E-state index is 10.6. The van der Waals surface area contributed by atoms with Crippen molar-refractivity contribution < 1.29 is 17.7 Å². The molecule has 0 amide bonds. The first-order chi connectivity index (χ1) is 7.03. The van der Waals surface area contributed by atoms with Crippen molar-refractivity contribution in [3.05, 3.63) is 0 Å². The molecule has 0 aliphatic carbocycles. The largest absolute Gasteiger partial charge is 0.370 e. The third-order valence-electron chi connectivity index (χ3n) is 2.72. The second kappa shape index (κ2) is 4.34. The molecule has 88 valence electrons. The molecule has 2 N–H and O–H groups in total. The van der Waals surface area contributed by atoms with Gasteiger partial charge in [0.05, 0.1) is 18.0 Å². The third kappa shape index (κ3) is 3.39. The van der Waals surface area contributed by atoms with Gasteiger partial charge in [0.2, 0.25) is 0 Å². The van der Waals surface area contributed by atoms with Gasteiger partial charge < -0.3 is 10.1 Å². The van der Waals surface area contributed by atoms with Crippen LogP contribution in [0.3, 0.4) is 0 Å². The van der Waals surface area contributed by atoms with Crippen molar-refractivity contribution in [3.63, 3.8) is 0 Å². The molecule has 2 heterocycles. The van der Waals surface area contributed by atoms with Crippen molar-refractivity contribution in [2.45, 2.75) is 12.2 Å². The Hall–Kier alpha value is -0.210. The van der Waals surface area contributed by atoms with Crippen LogP contribution in [0, 0.1) is 0 Å². The second-order valence-corrected chi connectivity index (χ2v) is 5.66. The summed E-state index contributed by atoms with van der Waals surface area (Å²) in [4.78, 5) is 2.04. The molecular formula is C8H16N2O4S. The fraction of sp³-hybridized carbons (Fsp3) is 1.00. The summed E-state index contributed by atoms with van der Waals surface area (Å²) in [5.41, 5.74) is 0. The van der Waals surface area contributed by atoms with Crippen molar-refractivity contribution in [3.8, 4) is 0 Å². The van der Waals surface area contributed by atoms with Crippen LogP contribution >= 0.6 is 0 Å². The normalized spacial score (nSPS) is 32.9. The Morgan fingerprint density at radius 1 is 1.33 bits per heavy atom. The van der Waals surface area contributed by atoms with Gasteiger partial charge in [0, 0.05) is 32.7 Å². The molecule has 2 saturated heterocycles. The lowest BCUT2D eigenvalue weighted by atomic mass is 10.1. The first kappa shape index (κ1) is 11.3. The van der Waals surface area contributed by atoms with E-state index in [4.69, 9.17) is 9.29 Å². The fourth-order valence-corrected chi connectivity index (χ4v) is 2.56. The van der Waals surface area contributed by atoms with E-state index >= 15 is 0 Å². The lowest BCUT2D eigenvalue weighted by Crippen LogP contribution is -2.58. The van der Waals surface area contributed by atoms with Crippen LogP contribution in [-0.4, -0.2) is 68.6 Å². The first-order valence-electron chi connectivity index (χ1n) is 5.06. The van der Waals surface area contributed by atoms with E-state index in [-0.39, 0.29) is 18.0 Å². The van der Waals surface area contributed by atoms with Crippen molar-refractivity contribution in [1.29, 1.82) is 0 Å². The zero-order chi connectivity index (χ0) is 10.9. The zero-order valence-corrected chi connectivity index (χ0v) is 9.24. The molecule has 2 aliphatic heterocycles. The minimum absolute atomic E-state index is 0.152. The number of nitrogens with zero attached hydrogens (tertiary/aromatic N) is 1. The van der Waals surface area contributed by atoms with E-state index < -0.39 is 10.1 Å². The lowest BCUT2D eigenvalue weighted by molar-refractivity contribution is -0.101. The molecule has 2 unspecified atom stereocenters. The van der Waals surface area contributed by atoms with Crippen LogP contribution in [0.4, 0.5) is 0 Å². The highest BCUT2D eigenvalue weighted by molar-refractivity contribution is 7.85. The second-order valence-electron chi connectivity index (χ2n) is 4.08. The van der Waals surface area contributed by atoms with Gasteiger partial charge in [-0.1, -0.05) is 0 Å². The standard InChI is InChI=1S/C8H16N2O4S/c11-15(12,13)2-1-10-5-7-3-9-4-8(6-10)14-7/h7-9H,1-6H2,(H,11,12,13). The van der Waals surface area contributed by atoms with E-state index in [1.807, 2.05) is 4.90 Å². The average Bonchev–Trinajstić information content (AvgIpc) is 2.13. The molecule has 0 radical (unpaired) electrons. The van der Waals surface area contributed by atoms with Crippen molar-refractivity contribution in [1.82, 2.24) is 10.2 Å². The molecule has 0 aromatic heterocycles. The molecule has 0 spiro atoms. The number of nitrogens with one attached hydrogen (secondary N) is 1. The summed E-state index contributed by atoms with van der Waals surface area (Å²) >= 11 is 0. The number of fused-ring (bicyclic) bond motifs is 2. The van der Waals surface area contributed by atoms with Gasteiger partial charge in [-0.25, -0.2) is 0 Å². The van der Waals surface area contributed by atoms with E-state index in [2.05, 4.69) is 5.32 Å². The third-order valence-corrected chi connectivity index (χ3v) is 3.42. The van der Waals surface area contributed by atoms with Gasteiger partial charge in [0.15, 0.2) is 0 Å². The van der Waals surface area contributed by atoms with E-state index in [1.54, 1.807) is 0 Å². The van der Waals surface area contributed by atoms with Gasteiger partial charge in [-0.2, -0.15) is 8.42 Å². The van der Waals surface area contributed by atoms with Gasteiger partial charge in [0.1, 0.15) is 0 Å². The van der Waals surface area contributed by atoms with Gasteiger partial charge in [0.25, 0.3) is 10.1 Å². The maximum Gasteiger partial charge on any atom is 0.266 e. The van der Waals surface area contributed by atoms with E-state index in [9.17, 15) is 8.42 Å². The summed E-state index contributed by atoms with van der Waals surface area (Å²) in [6.07, 6.45) is 0.304. The first-order valence-corrected chi connectivity index (χ1v) is 6.67. The fourth-order valence-electron chi connectivity index (χ4n) is 2.07. The van der Waals surface area contributed by atoms with Crippen molar-refractivity contribution in [2.24, 2.45) is 0 Å². The monoisotopic (exact) mass is 236 g/mol. The van der Waals surface area contributed by atoms with Crippen LogP contribution in [0.1, 0.15) is 0 Å². The molecule has 7 heteroatoms. The summed E-state index contributed by atoms with van der Waals surface area (Å²) in [6, 6.07) is 0. The maximum absolute atomic E-state index is 10.6. The summed E-state index contributed by atoms with van der Waals surface area (Å²) in [6.45, 7) is 3.49. The SMILES string of the molecule is O=S(=O)(O)CCN1CC2CNCC(C1)O2. The number of morpholine rings is 2. The summed E-state index contributed by atoms with van der Waals surface area (Å²) in [7, 11) is -3.85. The highest BCUT2D eigenvalue weighted by Gasteiger charge is 2.31. The van der Waals surface area contributed by atoms with Crippen LogP contribution in [0.2, 0.25) is 0 Å². The van der Waals surface area contributed by atoms with Gasteiger partial charge in [-0.05, 0) is 0 Å². The molecule has 6 nitrogen and oxygen atoms in total. The van der Waals surface area contributed by atoms with Gasteiger partial charge >= 0.3 is 0 Å². The number of hydrogen-bond acceptors (Lipinski definition) is 5. The Labute approximate surface area is 89.3 Å². The highest BCUT2D eigenvalue weighted by Crippen LogP contribution is 2.13. The molecule has 0 aromatic rings. The molecule has 2 rings (SSSR count). The van der Waals surface area contributed by atoms with Crippen LogP contribution < -0.4 is 5.32 Å². The summed E-state index contributed by atoms with van der Waals surface area (Å²) in [5, 5.41) is 3.26. The number of hydrogen-bond donors (Lipinski definition) is 2.